The number of hydrogen-bond acceptors (Lipinski definition) is 6. The van der Waals surface area contributed by atoms with Gasteiger partial charge in [0.1, 0.15) is 17.5 Å². The fraction of sp³-hybridized carbons (Fsp3) is 0.333. The molecule has 0 bridgehead atoms. The second-order valence-corrected chi connectivity index (χ2v) is 11.8. The molecule has 0 fully saturated rings. The zero-order chi connectivity index (χ0) is 24.5. The minimum atomic E-state index is -1.06. The van der Waals surface area contributed by atoms with Crippen LogP contribution in [-0.2, 0) is 16.0 Å². The fourth-order valence-electron chi connectivity index (χ4n) is 2.82. The molecule has 180 valence electrons. The van der Waals surface area contributed by atoms with Crippen molar-refractivity contribution in [2.24, 2.45) is 5.73 Å². The topological polar surface area (TPSA) is 134 Å². The molecule has 1 atom stereocenters. The molecule has 0 saturated carbocycles. The van der Waals surface area contributed by atoms with Gasteiger partial charge in [0.2, 0.25) is 5.91 Å². The Morgan fingerprint density at radius 2 is 1.58 bits per heavy atom. The third-order valence-electron chi connectivity index (χ3n) is 4.50. The first-order chi connectivity index (χ1) is 15.6. The molecule has 0 heterocycles. The molecule has 0 aliphatic carbocycles. The Morgan fingerprint density at radius 1 is 0.970 bits per heavy atom. The van der Waals surface area contributed by atoms with Gasteiger partial charge in [0.25, 0.3) is 0 Å². The van der Waals surface area contributed by atoms with E-state index in [4.69, 9.17) is 10.5 Å². The van der Waals surface area contributed by atoms with Gasteiger partial charge in [0, 0.05) is 12.8 Å². The lowest BCUT2D eigenvalue weighted by molar-refractivity contribution is -0.140. The smallest absolute Gasteiger partial charge is 0.322 e. The molecule has 0 aromatic heterocycles. The Hall–Kier alpha value is -0.180. The Labute approximate surface area is 246 Å². The normalized spacial score (nSPS) is 11.8. The number of halogens is 4. The third kappa shape index (κ3) is 9.42. The van der Waals surface area contributed by atoms with Gasteiger partial charge in [-0.15, -0.1) is 0 Å². The standard InChI is InChI=1S/C21H23I4N3O5/c22-13-9-12(10-14(23)19(13)30)33-20-15(24)6-11(7-16(20)25)8-17(21(31)32)27-28-18(29)4-2-1-3-5-26/h6-7,9-10,17,27,30H,1-5,8,26H2,(H,28,29)(H,31,32)/t17-/m0/s1. The van der Waals surface area contributed by atoms with Crippen LogP contribution in [-0.4, -0.2) is 34.7 Å². The molecule has 12 heteroatoms. The number of aliphatic carboxylic acids is 1. The van der Waals surface area contributed by atoms with Crippen molar-refractivity contribution in [1.82, 2.24) is 10.9 Å². The summed E-state index contributed by atoms with van der Waals surface area (Å²) in [5.74, 6) is 0.173. The molecule has 2 rings (SSSR count). The highest BCUT2D eigenvalue weighted by Gasteiger charge is 2.20. The molecule has 0 saturated heterocycles. The van der Waals surface area contributed by atoms with Crippen LogP contribution >= 0.6 is 90.4 Å². The molecule has 33 heavy (non-hydrogen) atoms. The van der Waals surface area contributed by atoms with Crippen molar-refractivity contribution in [3.05, 3.63) is 44.1 Å². The summed E-state index contributed by atoms with van der Waals surface area (Å²) < 4.78 is 9.08. The number of rotatable bonds is 12. The minimum Gasteiger partial charge on any atom is -0.506 e. The predicted molar refractivity (Wildman–Crippen MR) is 159 cm³/mol. The lowest BCUT2D eigenvalue weighted by Crippen LogP contribution is -2.49. The number of amides is 1. The molecule has 1 amide bonds. The number of hydrogen-bond donors (Lipinski definition) is 5. The van der Waals surface area contributed by atoms with E-state index in [-0.39, 0.29) is 18.1 Å². The van der Waals surface area contributed by atoms with Crippen LogP contribution in [0.3, 0.4) is 0 Å². The molecule has 0 aliphatic rings. The maximum Gasteiger partial charge on any atom is 0.322 e. The van der Waals surface area contributed by atoms with Gasteiger partial charge < -0.3 is 20.7 Å². The number of aromatic hydroxyl groups is 1. The summed E-state index contributed by atoms with van der Waals surface area (Å²) in [7, 11) is 0. The number of carbonyl (C=O) groups is 2. The van der Waals surface area contributed by atoms with Gasteiger partial charge in [-0.25, -0.2) is 5.43 Å². The van der Waals surface area contributed by atoms with E-state index in [1.165, 1.54) is 0 Å². The summed E-state index contributed by atoms with van der Waals surface area (Å²) in [6, 6.07) is 6.25. The van der Waals surface area contributed by atoms with Crippen molar-refractivity contribution < 1.29 is 24.5 Å². The Morgan fingerprint density at radius 3 is 2.12 bits per heavy atom. The van der Waals surface area contributed by atoms with E-state index in [1.54, 1.807) is 12.1 Å². The Bertz CT molecular complexity index is 960. The monoisotopic (exact) mass is 905 g/mol. The van der Waals surface area contributed by atoms with Crippen molar-refractivity contribution in [3.63, 3.8) is 0 Å². The Balaban J connectivity index is 2.06. The van der Waals surface area contributed by atoms with E-state index in [0.29, 0.717) is 38.0 Å². The van der Waals surface area contributed by atoms with E-state index in [1.807, 2.05) is 57.3 Å². The van der Waals surface area contributed by atoms with Crippen LogP contribution in [0, 0.1) is 14.3 Å². The summed E-state index contributed by atoms with van der Waals surface area (Å²) >= 11 is 8.40. The van der Waals surface area contributed by atoms with Gasteiger partial charge in [-0.1, -0.05) is 6.42 Å². The summed E-state index contributed by atoms with van der Waals surface area (Å²) in [6.07, 6.45) is 2.93. The molecule has 0 radical (unpaired) electrons. The van der Waals surface area contributed by atoms with E-state index in [0.717, 1.165) is 25.5 Å². The van der Waals surface area contributed by atoms with Crippen LogP contribution in [0.2, 0.25) is 0 Å². The van der Waals surface area contributed by atoms with Crippen molar-refractivity contribution >= 4 is 102 Å². The van der Waals surface area contributed by atoms with Crippen molar-refractivity contribution in [2.75, 3.05) is 6.54 Å². The van der Waals surface area contributed by atoms with Crippen LogP contribution in [0.15, 0.2) is 24.3 Å². The number of carbonyl (C=O) groups excluding carboxylic acids is 1. The number of benzene rings is 2. The van der Waals surface area contributed by atoms with Gasteiger partial charge in [-0.05, 0) is 140 Å². The van der Waals surface area contributed by atoms with Gasteiger partial charge in [0.05, 0.1) is 14.3 Å². The first-order valence-corrected chi connectivity index (χ1v) is 14.2. The quantitative estimate of drug-likeness (QED) is 0.118. The number of carboxylic acids is 1. The summed E-state index contributed by atoms with van der Waals surface area (Å²) in [4.78, 5) is 23.7. The number of nitrogens with one attached hydrogen (secondary N) is 2. The average Bonchev–Trinajstić information content (AvgIpc) is 2.74. The second-order valence-electron chi connectivity index (χ2n) is 7.11. The van der Waals surface area contributed by atoms with Gasteiger partial charge in [0.15, 0.2) is 5.75 Å². The van der Waals surface area contributed by atoms with Crippen LogP contribution < -0.4 is 21.3 Å². The highest BCUT2D eigenvalue weighted by atomic mass is 127. The molecule has 8 nitrogen and oxygen atoms in total. The number of hydrazine groups is 1. The predicted octanol–water partition coefficient (Wildman–Crippen LogP) is 4.74. The Kier molecular flexibility index (Phi) is 12.7. The lowest BCUT2D eigenvalue weighted by atomic mass is 10.1. The first kappa shape index (κ1) is 29.1. The maximum atomic E-state index is 11.9. The van der Waals surface area contributed by atoms with Crippen molar-refractivity contribution in [3.8, 4) is 17.2 Å². The highest BCUT2D eigenvalue weighted by molar-refractivity contribution is 14.1. The second kappa shape index (κ2) is 14.4. The lowest BCUT2D eigenvalue weighted by Gasteiger charge is -2.17. The summed E-state index contributed by atoms with van der Waals surface area (Å²) in [5, 5.41) is 19.5. The highest BCUT2D eigenvalue weighted by Crippen LogP contribution is 2.37. The molecule has 2 aromatic rings. The van der Waals surface area contributed by atoms with Gasteiger partial charge in [-0.2, -0.15) is 0 Å². The maximum absolute atomic E-state index is 11.9. The molecule has 0 aliphatic heterocycles. The summed E-state index contributed by atoms with van der Waals surface area (Å²) in [5.41, 5.74) is 11.4. The number of nitrogens with two attached hydrogens (primary N) is 1. The molecule has 0 spiro atoms. The van der Waals surface area contributed by atoms with Crippen LogP contribution in [0.4, 0.5) is 0 Å². The molecule has 0 unspecified atom stereocenters. The molecular formula is C21H23I4N3O5. The first-order valence-electron chi connectivity index (χ1n) is 9.93. The molecule has 2 aromatic carbocycles. The number of ether oxygens (including phenoxy) is 1. The van der Waals surface area contributed by atoms with E-state index >= 15 is 0 Å². The van der Waals surface area contributed by atoms with Crippen LogP contribution in [0.5, 0.6) is 17.2 Å². The third-order valence-corrected chi connectivity index (χ3v) is 7.75. The van der Waals surface area contributed by atoms with Crippen molar-refractivity contribution in [1.29, 1.82) is 0 Å². The zero-order valence-electron chi connectivity index (χ0n) is 17.3. The SMILES string of the molecule is NCCCCCC(=O)NN[C@@H](Cc1cc(I)c(Oc2cc(I)c(O)c(I)c2)c(I)c1)C(=O)O. The van der Waals surface area contributed by atoms with Crippen LogP contribution in [0.25, 0.3) is 0 Å². The fourth-order valence-corrected chi connectivity index (χ4v) is 6.65. The van der Waals surface area contributed by atoms with E-state index in [9.17, 15) is 19.8 Å². The largest absolute Gasteiger partial charge is 0.506 e. The van der Waals surface area contributed by atoms with Crippen molar-refractivity contribution in [2.45, 2.75) is 38.1 Å². The van der Waals surface area contributed by atoms with Crippen LogP contribution in [0.1, 0.15) is 31.2 Å². The number of phenols is 1. The zero-order valence-corrected chi connectivity index (χ0v) is 26.0. The van der Waals surface area contributed by atoms with Gasteiger partial charge in [-0.3, -0.25) is 15.0 Å². The van der Waals surface area contributed by atoms with E-state index in [2.05, 4.69) is 56.0 Å². The molecule has 6 N–H and O–H groups in total. The number of phenolic OH excluding ortho intramolecular Hbond substituents is 1. The van der Waals surface area contributed by atoms with Gasteiger partial charge >= 0.3 is 5.97 Å². The summed E-state index contributed by atoms with van der Waals surface area (Å²) in [6.45, 7) is 0.593. The average molecular weight is 905 g/mol. The minimum absolute atomic E-state index is 0.185. The molecular weight excluding hydrogens is 882 g/mol. The van der Waals surface area contributed by atoms with E-state index < -0.39 is 12.0 Å². The number of carboxylic acid groups (broad SMARTS) is 1. The number of unbranched alkanes of at least 4 members (excludes halogenated alkanes) is 2.